The molecule has 4 rings (SSSR count). The maximum atomic E-state index is 11.1. The van der Waals surface area contributed by atoms with Crippen molar-refractivity contribution >= 4 is 17.3 Å². The molecule has 8 nitrogen and oxygen atoms in total. The number of aromatic nitrogens is 3. The molecule has 3 heterocycles. The van der Waals surface area contributed by atoms with Gasteiger partial charge in [-0.05, 0) is 35.4 Å². The monoisotopic (exact) mass is 498 g/mol. The third kappa shape index (κ3) is 7.25. The number of aliphatic hydroxyl groups is 2. The van der Waals surface area contributed by atoms with Gasteiger partial charge in [-0.2, -0.15) is 0 Å². The summed E-state index contributed by atoms with van der Waals surface area (Å²) in [6, 6.07) is 16.3. The van der Waals surface area contributed by atoms with Crippen molar-refractivity contribution in [3.05, 3.63) is 89.5 Å². The van der Waals surface area contributed by atoms with Crippen LogP contribution in [0.5, 0.6) is 0 Å². The number of hydrogen-bond donors (Lipinski definition) is 2. The Kier molecular flexibility index (Phi) is 10.1. The first-order chi connectivity index (χ1) is 16.6. The van der Waals surface area contributed by atoms with Crippen LogP contribution >= 0.6 is 11.3 Å². The standard InChI is InChI=1S/C25H24N4O4S.Na/c30-11-10-29(15-21-12-19(25(32)33)8-9-26-21)14-20-2-1-3-22(28-20)24-27-13-23(34-24)18-6-4-17(16-31)5-7-18;/h1-9,12-13,30-31H,10-11,14-16H2,(H,32,33);/q;+1/p-1. The summed E-state index contributed by atoms with van der Waals surface area (Å²) >= 11 is 1.54. The quantitative estimate of drug-likeness (QED) is 0.271. The molecule has 4 aromatic rings. The molecule has 0 aliphatic heterocycles. The maximum absolute atomic E-state index is 11.1. The van der Waals surface area contributed by atoms with Gasteiger partial charge in [0, 0.05) is 37.6 Å². The van der Waals surface area contributed by atoms with E-state index in [1.54, 1.807) is 0 Å². The molecule has 0 fully saturated rings. The van der Waals surface area contributed by atoms with Crippen LogP contribution < -0.4 is 34.7 Å². The third-order valence-electron chi connectivity index (χ3n) is 5.19. The van der Waals surface area contributed by atoms with Crippen molar-refractivity contribution < 1.29 is 49.7 Å². The van der Waals surface area contributed by atoms with Crippen LogP contribution in [-0.2, 0) is 19.7 Å². The summed E-state index contributed by atoms with van der Waals surface area (Å²) in [5, 5.41) is 30.7. The molecule has 2 N–H and O–H groups in total. The van der Waals surface area contributed by atoms with Crippen molar-refractivity contribution in [2.75, 3.05) is 13.2 Å². The van der Waals surface area contributed by atoms with Gasteiger partial charge in [0.15, 0.2) is 0 Å². The van der Waals surface area contributed by atoms with E-state index in [4.69, 9.17) is 4.98 Å². The van der Waals surface area contributed by atoms with Crippen LogP contribution in [0, 0.1) is 0 Å². The van der Waals surface area contributed by atoms with Gasteiger partial charge in [0.1, 0.15) is 5.01 Å². The van der Waals surface area contributed by atoms with E-state index in [0.717, 1.165) is 32.4 Å². The molecule has 0 bridgehead atoms. The number of carbonyl (C=O) groups is 1. The molecule has 3 aromatic heterocycles. The Morgan fingerprint density at radius 2 is 1.77 bits per heavy atom. The van der Waals surface area contributed by atoms with Gasteiger partial charge < -0.3 is 20.1 Å². The topological polar surface area (TPSA) is 122 Å². The van der Waals surface area contributed by atoms with Crippen LogP contribution in [0.4, 0.5) is 0 Å². The predicted molar refractivity (Wildman–Crippen MR) is 126 cm³/mol. The Balaban J connectivity index is 0.00000342. The molecular weight excluding hydrogens is 475 g/mol. The Bertz CT molecular complexity index is 1270. The van der Waals surface area contributed by atoms with Crippen molar-refractivity contribution in [1.82, 2.24) is 19.9 Å². The second-order valence-corrected chi connectivity index (χ2v) is 8.69. The largest absolute Gasteiger partial charge is 1.00 e. The maximum Gasteiger partial charge on any atom is 1.00 e. The Labute approximate surface area is 229 Å². The van der Waals surface area contributed by atoms with E-state index in [2.05, 4.69) is 9.97 Å². The van der Waals surface area contributed by atoms with Crippen molar-refractivity contribution in [1.29, 1.82) is 0 Å². The molecule has 0 radical (unpaired) electrons. The first-order valence-electron chi connectivity index (χ1n) is 10.7. The molecule has 0 aliphatic rings. The normalized spacial score (nSPS) is 10.8. The molecular formula is C25H23N4NaO4S. The molecule has 0 saturated heterocycles. The van der Waals surface area contributed by atoms with Crippen LogP contribution in [-0.4, -0.2) is 49.2 Å². The molecule has 10 heteroatoms. The van der Waals surface area contributed by atoms with Gasteiger partial charge in [-0.15, -0.1) is 11.3 Å². The predicted octanol–water partition coefficient (Wildman–Crippen LogP) is -0.879. The van der Waals surface area contributed by atoms with E-state index in [1.165, 1.54) is 29.7 Å². The summed E-state index contributed by atoms with van der Waals surface area (Å²) in [5.41, 5.74) is 4.07. The number of pyridine rings is 2. The van der Waals surface area contributed by atoms with Crippen molar-refractivity contribution in [3.8, 4) is 21.1 Å². The van der Waals surface area contributed by atoms with Gasteiger partial charge in [0.05, 0.1) is 41.1 Å². The SMILES string of the molecule is O=C([O-])c1ccnc(CN(CCO)Cc2cccc(-c3ncc(-c4ccc(CO)cc4)s3)n2)c1.[Na+]. The fourth-order valence-electron chi connectivity index (χ4n) is 3.49. The van der Waals surface area contributed by atoms with E-state index in [9.17, 15) is 20.1 Å². The fraction of sp³-hybridized carbons (Fsp3) is 0.200. The number of carbonyl (C=O) groups excluding carboxylic acids is 1. The number of carboxylic acids is 1. The first kappa shape index (κ1) is 27.1. The van der Waals surface area contributed by atoms with Gasteiger partial charge in [0.25, 0.3) is 0 Å². The smallest absolute Gasteiger partial charge is 0.545 e. The van der Waals surface area contributed by atoms with Crippen LogP contribution in [0.25, 0.3) is 21.1 Å². The summed E-state index contributed by atoms with van der Waals surface area (Å²) < 4.78 is 0. The van der Waals surface area contributed by atoms with E-state index in [1.807, 2.05) is 53.6 Å². The second kappa shape index (κ2) is 13.0. The molecule has 0 amide bonds. The molecule has 0 atom stereocenters. The molecule has 174 valence electrons. The average Bonchev–Trinajstić information content (AvgIpc) is 3.35. The number of aromatic carboxylic acids is 1. The van der Waals surface area contributed by atoms with Gasteiger partial charge in [-0.3, -0.25) is 9.88 Å². The summed E-state index contributed by atoms with van der Waals surface area (Å²) in [6.07, 6.45) is 3.25. The van der Waals surface area contributed by atoms with Crippen LogP contribution in [0.2, 0.25) is 0 Å². The molecule has 0 saturated carbocycles. The van der Waals surface area contributed by atoms with E-state index in [0.29, 0.717) is 25.3 Å². The fourth-order valence-corrected chi connectivity index (χ4v) is 4.38. The van der Waals surface area contributed by atoms with Crippen LogP contribution in [0.15, 0.2) is 67.0 Å². The number of hydrogen-bond acceptors (Lipinski definition) is 9. The zero-order valence-electron chi connectivity index (χ0n) is 19.3. The van der Waals surface area contributed by atoms with E-state index < -0.39 is 5.97 Å². The van der Waals surface area contributed by atoms with Crippen LogP contribution in [0.1, 0.15) is 27.3 Å². The molecule has 1 aromatic carbocycles. The number of rotatable bonds is 10. The zero-order chi connectivity index (χ0) is 23.9. The Morgan fingerprint density at radius 1 is 1.00 bits per heavy atom. The van der Waals surface area contributed by atoms with Gasteiger partial charge in [-0.25, -0.2) is 9.97 Å². The Morgan fingerprint density at radius 3 is 2.49 bits per heavy atom. The van der Waals surface area contributed by atoms with Crippen molar-refractivity contribution in [2.24, 2.45) is 0 Å². The zero-order valence-corrected chi connectivity index (χ0v) is 22.1. The number of benzene rings is 1. The van der Waals surface area contributed by atoms with E-state index in [-0.39, 0.29) is 48.3 Å². The summed E-state index contributed by atoms with van der Waals surface area (Å²) in [4.78, 5) is 27.6. The molecule has 0 unspecified atom stereocenters. The number of aliphatic hydroxyl groups excluding tert-OH is 2. The van der Waals surface area contributed by atoms with Gasteiger partial charge in [0.2, 0.25) is 0 Å². The third-order valence-corrected chi connectivity index (χ3v) is 6.26. The number of thiazole rings is 1. The summed E-state index contributed by atoms with van der Waals surface area (Å²) in [7, 11) is 0. The Hall–Kier alpha value is -2.50. The number of carboxylic acid groups (broad SMARTS) is 1. The van der Waals surface area contributed by atoms with Crippen molar-refractivity contribution in [2.45, 2.75) is 19.7 Å². The average molecular weight is 499 g/mol. The number of nitrogens with zero attached hydrogens (tertiary/aromatic N) is 4. The second-order valence-electron chi connectivity index (χ2n) is 7.66. The van der Waals surface area contributed by atoms with E-state index >= 15 is 0 Å². The summed E-state index contributed by atoms with van der Waals surface area (Å²) in [5.74, 6) is -1.25. The molecule has 35 heavy (non-hydrogen) atoms. The summed E-state index contributed by atoms with van der Waals surface area (Å²) in [6.45, 7) is 1.15. The minimum Gasteiger partial charge on any atom is -0.545 e. The van der Waals surface area contributed by atoms with Crippen LogP contribution in [0.3, 0.4) is 0 Å². The van der Waals surface area contributed by atoms with Crippen molar-refractivity contribution in [3.63, 3.8) is 0 Å². The van der Waals surface area contributed by atoms with Gasteiger partial charge in [-0.1, -0.05) is 30.3 Å². The molecule has 0 aliphatic carbocycles. The minimum atomic E-state index is -1.25. The molecule has 0 spiro atoms. The van der Waals surface area contributed by atoms with Gasteiger partial charge >= 0.3 is 29.6 Å². The minimum absolute atomic E-state index is 0. The first-order valence-corrected chi connectivity index (χ1v) is 11.5.